The van der Waals surface area contributed by atoms with Crippen LogP contribution in [0.2, 0.25) is 0 Å². The number of carboxylic acids is 1. The zero-order chi connectivity index (χ0) is 12.3. The molecule has 1 aromatic rings. The zero-order valence-corrected chi connectivity index (χ0v) is 11.9. The van der Waals surface area contributed by atoms with Gasteiger partial charge in [-0.3, -0.25) is 4.79 Å². The maximum Gasteiger partial charge on any atom is 0.326 e. The fourth-order valence-electron chi connectivity index (χ4n) is 1.38. The summed E-state index contributed by atoms with van der Waals surface area (Å²) in [5.41, 5.74) is 0.552. The summed E-state index contributed by atoms with van der Waals surface area (Å²) in [5, 5.41) is 10.7. The van der Waals surface area contributed by atoms with Crippen LogP contribution in [0.3, 0.4) is 0 Å². The number of carbonyl (C=O) groups excluding carboxylic acids is 1. The lowest BCUT2D eigenvalue weighted by atomic mass is 10.2. The van der Waals surface area contributed by atoms with Gasteiger partial charge in [-0.05, 0) is 35.1 Å². The third-order valence-electron chi connectivity index (χ3n) is 2.27. The molecule has 88 valence electrons. The van der Waals surface area contributed by atoms with Crippen LogP contribution in [0, 0.1) is 2.88 Å². The molecule has 4 nitrogen and oxygen atoms in total. The summed E-state index contributed by atoms with van der Waals surface area (Å²) in [6, 6.07) is 1.00. The molecule has 0 spiro atoms. The van der Waals surface area contributed by atoms with Gasteiger partial charge in [0.05, 0.1) is 8.45 Å². The number of thiophene rings is 1. The molecule has 6 heteroatoms. The Morgan fingerprint density at radius 3 is 2.62 bits per heavy atom. The van der Waals surface area contributed by atoms with Crippen LogP contribution in [-0.2, 0) is 4.79 Å². The highest BCUT2D eigenvalue weighted by Gasteiger charge is 2.25. The van der Waals surface area contributed by atoms with Gasteiger partial charge in [-0.2, -0.15) is 0 Å². The van der Waals surface area contributed by atoms with Crippen molar-refractivity contribution in [2.45, 2.75) is 19.4 Å². The first-order valence-electron chi connectivity index (χ1n) is 4.71. The maximum atomic E-state index is 11.9. The van der Waals surface area contributed by atoms with Crippen molar-refractivity contribution in [3.8, 4) is 0 Å². The lowest BCUT2D eigenvalue weighted by molar-refractivity contribution is -0.142. The molecule has 1 unspecified atom stereocenters. The fourth-order valence-corrected chi connectivity index (χ4v) is 2.70. The Hall–Kier alpha value is -0.630. The van der Waals surface area contributed by atoms with Crippen molar-refractivity contribution in [2.24, 2.45) is 0 Å². The van der Waals surface area contributed by atoms with Crippen molar-refractivity contribution in [1.82, 2.24) is 4.90 Å². The van der Waals surface area contributed by atoms with Crippen LogP contribution in [0.25, 0.3) is 0 Å². The number of rotatable bonds is 4. The molecule has 1 heterocycles. The summed E-state index contributed by atoms with van der Waals surface area (Å²) in [4.78, 5) is 24.1. The van der Waals surface area contributed by atoms with Crippen LogP contribution in [0.4, 0.5) is 0 Å². The number of likely N-dealkylation sites (N-methyl/N-ethyl adjacent to an activating group) is 1. The van der Waals surface area contributed by atoms with E-state index in [0.29, 0.717) is 12.0 Å². The molecule has 0 bridgehead atoms. The van der Waals surface area contributed by atoms with E-state index in [-0.39, 0.29) is 5.91 Å². The third kappa shape index (κ3) is 2.94. The van der Waals surface area contributed by atoms with E-state index in [0.717, 1.165) is 2.88 Å². The average molecular weight is 353 g/mol. The predicted molar refractivity (Wildman–Crippen MR) is 70.8 cm³/mol. The van der Waals surface area contributed by atoms with E-state index in [1.54, 1.807) is 18.4 Å². The van der Waals surface area contributed by atoms with Crippen molar-refractivity contribution in [2.75, 3.05) is 7.05 Å². The second-order valence-corrected chi connectivity index (χ2v) is 6.12. The van der Waals surface area contributed by atoms with Crippen LogP contribution >= 0.6 is 33.9 Å². The smallest absolute Gasteiger partial charge is 0.326 e. The van der Waals surface area contributed by atoms with Gasteiger partial charge in [0, 0.05) is 12.4 Å². The van der Waals surface area contributed by atoms with E-state index >= 15 is 0 Å². The van der Waals surface area contributed by atoms with Gasteiger partial charge in [-0.1, -0.05) is 6.92 Å². The summed E-state index contributed by atoms with van der Waals surface area (Å²) >= 11 is 3.60. The number of aliphatic carboxylic acids is 1. The highest BCUT2D eigenvalue weighted by atomic mass is 127. The third-order valence-corrected chi connectivity index (χ3v) is 4.06. The fraction of sp³-hybridized carbons (Fsp3) is 0.400. The van der Waals surface area contributed by atoms with Gasteiger partial charge in [-0.25, -0.2) is 4.79 Å². The normalized spacial score (nSPS) is 12.2. The Kier molecular flexibility index (Phi) is 4.72. The first-order chi connectivity index (χ1) is 7.47. The van der Waals surface area contributed by atoms with Gasteiger partial charge in [0.1, 0.15) is 6.04 Å². The largest absolute Gasteiger partial charge is 0.480 e. The molecule has 0 saturated carbocycles. The second-order valence-electron chi connectivity index (χ2n) is 3.32. The van der Waals surface area contributed by atoms with Crippen LogP contribution in [-0.4, -0.2) is 35.0 Å². The highest BCUT2D eigenvalue weighted by Crippen LogP contribution is 2.18. The molecule has 0 fully saturated rings. The highest BCUT2D eigenvalue weighted by molar-refractivity contribution is 14.1. The summed E-state index contributed by atoms with van der Waals surface area (Å²) in [6.45, 7) is 1.75. The molecule has 0 aromatic carbocycles. The first-order valence-corrected chi connectivity index (χ1v) is 6.67. The summed E-state index contributed by atoms with van der Waals surface area (Å²) < 4.78 is 1.01. The molecule has 0 aliphatic rings. The average Bonchev–Trinajstić information content (AvgIpc) is 2.64. The Morgan fingerprint density at radius 2 is 2.25 bits per heavy atom. The zero-order valence-electron chi connectivity index (χ0n) is 8.94. The number of carboxylic acid groups (broad SMARTS) is 1. The summed E-state index contributed by atoms with van der Waals surface area (Å²) in [5.74, 6) is -1.21. The predicted octanol–water partition coefficient (Wildman–Crippen LogP) is 2.29. The number of hydrogen-bond donors (Lipinski definition) is 1. The molecule has 1 amide bonds. The lowest BCUT2D eigenvalue weighted by Crippen LogP contribution is -2.41. The van der Waals surface area contributed by atoms with Crippen LogP contribution in [0.5, 0.6) is 0 Å². The number of nitrogens with zero attached hydrogens (tertiary/aromatic N) is 1. The van der Waals surface area contributed by atoms with Gasteiger partial charge in [0.15, 0.2) is 0 Å². The molecule has 1 rings (SSSR count). The van der Waals surface area contributed by atoms with Crippen LogP contribution in [0.1, 0.15) is 23.7 Å². The maximum absolute atomic E-state index is 11.9. The SMILES string of the molecule is CCC(C(=O)O)N(C)C(=O)c1csc(I)c1. The standard InChI is InChI=1S/C10H12INO3S/c1-3-7(10(14)15)12(2)9(13)6-4-8(11)16-5-6/h4-5,7H,3H2,1-2H3,(H,14,15). The van der Waals surface area contributed by atoms with E-state index in [1.165, 1.54) is 23.3 Å². The van der Waals surface area contributed by atoms with Gasteiger partial charge < -0.3 is 10.0 Å². The molecule has 0 saturated heterocycles. The van der Waals surface area contributed by atoms with Crippen molar-refractivity contribution in [3.05, 3.63) is 19.9 Å². The van der Waals surface area contributed by atoms with E-state index in [9.17, 15) is 9.59 Å². The van der Waals surface area contributed by atoms with Crippen molar-refractivity contribution in [1.29, 1.82) is 0 Å². The minimum atomic E-state index is -0.969. The Bertz CT molecular complexity index is 405. The summed E-state index contributed by atoms with van der Waals surface area (Å²) in [7, 11) is 1.52. The van der Waals surface area contributed by atoms with Gasteiger partial charge >= 0.3 is 5.97 Å². The monoisotopic (exact) mass is 353 g/mol. The van der Waals surface area contributed by atoms with Crippen molar-refractivity contribution in [3.63, 3.8) is 0 Å². The Labute approximate surface area is 111 Å². The molecular weight excluding hydrogens is 341 g/mol. The topological polar surface area (TPSA) is 57.6 Å². The number of carbonyl (C=O) groups is 2. The number of amides is 1. The lowest BCUT2D eigenvalue weighted by Gasteiger charge is -2.23. The van der Waals surface area contributed by atoms with Crippen LogP contribution < -0.4 is 0 Å². The Balaban J connectivity index is 2.85. The van der Waals surface area contributed by atoms with Gasteiger partial charge in [0.2, 0.25) is 0 Å². The van der Waals surface area contributed by atoms with Crippen LogP contribution in [0.15, 0.2) is 11.4 Å². The molecule has 0 aliphatic carbocycles. The molecule has 16 heavy (non-hydrogen) atoms. The quantitative estimate of drug-likeness (QED) is 0.845. The number of hydrogen-bond acceptors (Lipinski definition) is 3. The number of halogens is 1. The minimum absolute atomic E-state index is 0.242. The van der Waals surface area contributed by atoms with Gasteiger partial charge in [0.25, 0.3) is 5.91 Å². The van der Waals surface area contributed by atoms with Crippen molar-refractivity contribution < 1.29 is 14.7 Å². The van der Waals surface area contributed by atoms with E-state index in [1.807, 2.05) is 0 Å². The molecule has 1 atom stereocenters. The van der Waals surface area contributed by atoms with Gasteiger partial charge in [-0.15, -0.1) is 11.3 Å². The molecule has 0 aliphatic heterocycles. The Morgan fingerprint density at radius 1 is 1.62 bits per heavy atom. The van der Waals surface area contributed by atoms with E-state index in [4.69, 9.17) is 5.11 Å². The first kappa shape index (κ1) is 13.4. The molecule has 1 aromatic heterocycles. The molecule has 0 radical (unpaired) electrons. The second kappa shape index (κ2) is 5.62. The summed E-state index contributed by atoms with van der Waals surface area (Å²) in [6.07, 6.45) is 0.402. The van der Waals surface area contributed by atoms with E-state index < -0.39 is 12.0 Å². The van der Waals surface area contributed by atoms with E-state index in [2.05, 4.69) is 22.6 Å². The molecule has 1 N–H and O–H groups in total. The molecular formula is C10H12INO3S. The van der Waals surface area contributed by atoms with Crippen molar-refractivity contribution >= 4 is 45.8 Å². The minimum Gasteiger partial charge on any atom is -0.480 e.